The number of hydrogen-bond acceptors (Lipinski definition) is 12. The zero-order valence-corrected chi connectivity index (χ0v) is 12.5. The summed E-state index contributed by atoms with van der Waals surface area (Å²) in [5, 5.41) is 62.9. The molecule has 4 N–H and O–H groups in total. The molecule has 0 saturated carbocycles. The lowest BCUT2D eigenvalue weighted by atomic mass is 10.1. The number of amides is 2. The molecule has 2 aliphatic rings. The molecule has 14 heteroatoms. The molecule has 0 aromatic heterocycles. The third-order valence-electron chi connectivity index (χ3n) is 3.86. The maximum absolute atomic E-state index is 12.0. The SMILES string of the molecule is O=C1C(CCC2C(=O)N(CO)N(CO)N2[O-])N([O-])N(CO)N1CO. The molecule has 0 radical (unpaired) electrons. The van der Waals surface area contributed by atoms with Gasteiger partial charge in [-0.2, -0.15) is 0 Å². The fourth-order valence-electron chi connectivity index (χ4n) is 2.64. The van der Waals surface area contributed by atoms with Crippen LogP contribution in [0.1, 0.15) is 12.8 Å². The van der Waals surface area contributed by atoms with E-state index in [0.717, 1.165) is 0 Å². The van der Waals surface area contributed by atoms with Gasteiger partial charge in [-0.25, -0.2) is 10.0 Å². The first-order valence-electron chi connectivity index (χ1n) is 6.96. The first-order chi connectivity index (χ1) is 11.4. The number of hydrogen-bond donors (Lipinski definition) is 4. The summed E-state index contributed by atoms with van der Waals surface area (Å²) in [5.74, 6) is -1.58. The quantitative estimate of drug-likeness (QED) is 0.348. The number of rotatable bonds is 7. The topological polar surface area (TPSA) is 181 Å². The Balaban J connectivity index is 2.05. The molecule has 2 amide bonds. The summed E-state index contributed by atoms with van der Waals surface area (Å²) in [4.78, 5) is 24.0. The average molecular weight is 350 g/mol. The van der Waals surface area contributed by atoms with Crippen molar-refractivity contribution in [1.82, 2.24) is 30.6 Å². The molecular formula is C10H18N6O8-2. The summed E-state index contributed by atoms with van der Waals surface area (Å²) in [6, 6.07) is -2.65. The molecule has 0 aliphatic carbocycles. The molecule has 2 unspecified atom stereocenters. The first kappa shape index (κ1) is 18.9. The maximum Gasteiger partial charge on any atom is 0.257 e. The summed E-state index contributed by atoms with van der Waals surface area (Å²) in [5.41, 5.74) is 0. The Bertz CT molecular complexity index is 440. The number of carbonyl (C=O) groups excluding carboxylic acids is 2. The lowest BCUT2D eigenvalue weighted by molar-refractivity contribution is -0.185. The number of hydroxylamine groups is 2. The van der Waals surface area contributed by atoms with Gasteiger partial charge in [0.05, 0.1) is 12.1 Å². The third kappa shape index (κ3) is 2.95. The highest BCUT2D eigenvalue weighted by Crippen LogP contribution is 2.26. The van der Waals surface area contributed by atoms with Crippen LogP contribution in [-0.4, -0.2) is 102 Å². The standard InChI is InChI=1S/C10H18N6O8/c17-3-11-9(21)7(15(23)13(11)5-19)1-2-8-10(22)12(4-18)14(6-20)16(8)24/h7-8,17-20H,1-6H2/q-2. The predicted octanol–water partition coefficient (Wildman–Crippen LogP) is -4.15. The smallest absolute Gasteiger partial charge is 0.257 e. The monoisotopic (exact) mass is 350 g/mol. The van der Waals surface area contributed by atoms with Gasteiger partial charge < -0.3 is 30.8 Å². The second-order valence-electron chi connectivity index (χ2n) is 5.00. The van der Waals surface area contributed by atoms with Gasteiger partial charge in [0.1, 0.15) is 26.9 Å². The van der Waals surface area contributed by atoms with Crippen molar-refractivity contribution in [2.45, 2.75) is 24.9 Å². The Hall–Kier alpha value is -1.46. The highest BCUT2D eigenvalue weighted by Gasteiger charge is 2.43. The van der Waals surface area contributed by atoms with Gasteiger partial charge in [-0.15, -0.1) is 10.2 Å². The van der Waals surface area contributed by atoms with Crippen molar-refractivity contribution in [1.29, 1.82) is 0 Å². The maximum atomic E-state index is 12.0. The van der Waals surface area contributed by atoms with Crippen LogP contribution in [0.5, 0.6) is 0 Å². The van der Waals surface area contributed by atoms with Crippen LogP contribution < -0.4 is 0 Å². The molecule has 0 aromatic rings. The lowest BCUT2D eigenvalue weighted by Gasteiger charge is -2.37. The average Bonchev–Trinajstić information content (AvgIpc) is 2.95. The minimum atomic E-state index is -1.32. The van der Waals surface area contributed by atoms with Gasteiger partial charge in [0, 0.05) is 0 Å². The van der Waals surface area contributed by atoms with E-state index in [-0.39, 0.29) is 23.2 Å². The first-order valence-corrected chi connectivity index (χ1v) is 6.96. The summed E-state index contributed by atoms with van der Waals surface area (Å²) in [6.07, 6.45) is -0.438. The zero-order chi connectivity index (χ0) is 18.0. The molecule has 2 rings (SSSR count). The van der Waals surface area contributed by atoms with Crippen LogP contribution in [0, 0.1) is 10.4 Å². The van der Waals surface area contributed by atoms with Crippen LogP contribution in [0.2, 0.25) is 0 Å². The Morgan fingerprint density at radius 1 is 0.708 bits per heavy atom. The van der Waals surface area contributed by atoms with Crippen LogP contribution in [-0.2, 0) is 9.59 Å². The van der Waals surface area contributed by atoms with E-state index in [9.17, 15) is 20.0 Å². The molecule has 2 aliphatic heterocycles. The van der Waals surface area contributed by atoms with Gasteiger partial charge in [0.15, 0.2) is 0 Å². The number of nitrogens with zero attached hydrogens (tertiary/aromatic N) is 6. The fourth-order valence-corrected chi connectivity index (χ4v) is 2.64. The third-order valence-corrected chi connectivity index (χ3v) is 3.86. The normalized spacial score (nSPS) is 27.9. The van der Waals surface area contributed by atoms with E-state index in [4.69, 9.17) is 20.4 Å². The van der Waals surface area contributed by atoms with E-state index in [0.29, 0.717) is 20.3 Å². The molecule has 2 atom stereocenters. The molecular weight excluding hydrogens is 332 g/mol. The minimum absolute atomic E-state index is 0.154. The van der Waals surface area contributed by atoms with E-state index in [1.165, 1.54) is 0 Å². The van der Waals surface area contributed by atoms with Gasteiger partial charge in [0.2, 0.25) is 0 Å². The molecule has 2 saturated heterocycles. The Labute approximate surface area is 135 Å². The summed E-state index contributed by atoms with van der Waals surface area (Å²) < 4.78 is 0. The fraction of sp³-hybridized carbons (Fsp3) is 0.800. The number of carbonyl (C=O) groups is 2. The van der Waals surface area contributed by atoms with Crippen molar-refractivity contribution < 1.29 is 30.0 Å². The summed E-state index contributed by atoms with van der Waals surface area (Å²) in [6.45, 7) is -3.31. The van der Waals surface area contributed by atoms with Crippen LogP contribution in [0.4, 0.5) is 0 Å². The van der Waals surface area contributed by atoms with Crippen LogP contribution >= 0.6 is 0 Å². The highest BCUT2D eigenvalue weighted by atomic mass is 16.6. The second kappa shape index (κ2) is 7.62. The van der Waals surface area contributed by atoms with Crippen molar-refractivity contribution >= 4 is 11.8 Å². The lowest BCUT2D eigenvalue weighted by Crippen LogP contribution is -2.44. The summed E-state index contributed by atoms with van der Waals surface area (Å²) in [7, 11) is 0. The number of aliphatic hydroxyl groups is 4. The van der Waals surface area contributed by atoms with Crippen molar-refractivity contribution in [2.24, 2.45) is 0 Å². The molecule has 2 heterocycles. The molecule has 0 bridgehead atoms. The van der Waals surface area contributed by atoms with Gasteiger partial charge in [-0.3, -0.25) is 19.9 Å². The minimum Gasteiger partial charge on any atom is -0.769 e. The van der Waals surface area contributed by atoms with Gasteiger partial charge >= 0.3 is 0 Å². The Morgan fingerprint density at radius 2 is 1.04 bits per heavy atom. The van der Waals surface area contributed by atoms with E-state index in [2.05, 4.69) is 0 Å². The van der Waals surface area contributed by atoms with Crippen LogP contribution in [0.25, 0.3) is 0 Å². The molecule has 24 heavy (non-hydrogen) atoms. The summed E-state index contributed by atoms with van der Waals surface area (Å²) >= 11 is 0. The van der Waals surface area contributed by atoms with Gasteiger partial charge in [-0.1, -0.05) is 0 Å². The van der Waals surface area contributed by atoms with E-state index in [1.807, 2.05) is 0 Å². The van der Waals surface area contributed by atoms with Crippen molar-refractivity contribution in [2.75, 3.05) is 26.9 Å². The Kier molecular flexibility index (Phi) is 5.99. The molecule has 0 aromatic carbocycles. The van der Waals surface area contributed by atoms with E-state index < -0.39 is 50.8 Å². The van der Waals surface area contributed by atoms with Gasteiger partial charge in [-0.05, 0) is 12.8 Å². The predicted molar refractivity (Wildman–Crippen MR) is 72.9 cm³/mol. The Morgan fingerprint density at radius 3 is 1.25 bits per heavy atom. The molecule has 0 spiro atoms. The highest BCUT2D eigenvalue weighted by molar-refractivity contribution is 5.84. The molecule has 138 valence electrons. The van der Waals surface area contributed by atoms with E-state index in [1.54, 1.807) is 0 Å². The second-order valence-corrected chi connectivity index (χ2v) is 5.00. The largest absolute Gasteiger partial charge is 0.769 e. The van der Waals surface area contributed by atoms with E-state index >= 15 is 0 Å². The molecule has 14 nitrogen and oxygen atoms in total. The number of hydrazine groups is 4. The van der Waals surface area contributed by atoms with Crippen LogP contribution in [0.15, 0.2) is 0 Å². The van der Waals surface area contributed by atoms with Crippen molar-refractivity contribution in [3.8, 4) is 0 Å². The number of aliphatic hydroxyl groups excluding tert-OH is 4. The van der Waals surface area contributed by atoms with Gasteiger partial charge in [0.25, 0.3) is 11.8 Å². The van der Waals surface area contributed by atoms with Crippen molar-refractivity contribution in [3.05, 3.63) is 10.4 Å². The molecule has 2 fully saturated rings. The van der Waals surface area contributed by atoms with Crippen LogP contribution in [0.3, 0.4) is 0 Å². The zero-order valence-electron chi connectivity index (χ0n) is 12.5. The van der Waals surface area contributed by atoms with Crippen molar-refractivity contribution in [3.63, 3.8) is 0 Å².